The molecule has 0 fully saturated rings. The zero-order valence-electron chi connectivity index (χ0n) is 12.5. The molecule has 1 aliphatic heterocycles. The summed E-state index contributed by atoms with van der Waals surface area (Å²) in [5, 5.41) is 9.08. The quantitative estimate of drug-likeness (QED) is 0.592. The molecule has 0 radical (unpaired) electrons. The monoisotopic (exact) mass is 422 g/mol. The minimum absolute atomic E-state index is 0.0707. The maximum atomic E-state index is 6.44. The van der Waals surface area contributed by atoms with Crippen molar-refractivity contribution in [3.63, 3.8) is 0 Å². The Morgan fingerprint density at radius 1 is 1.08 bits per heavy atom. The molecule has 2 heterocycles. The van der Waals surface area contributed by atoms with Crippen LogP contribution in [0, 0.1) is 0 Å². The van der Waals surface area contributed by atoms with E-state index in [-0.39, 0.29) is 12.1 Å². The number of nitrogens with zero attached hydrogens (tertiary/aromatic N) is 3. The molecule has 0 spiro atoms. The van der Waals surface area contributed by atoms with Crippen LogP contribution in [0.4, 0.5) is 5.95 Å². The zero-order valence-corrected chi connectivity index (χ0v) is 15.6. The van der Waals surface area contributed by atoms with Crippen molar-refractivity contribution in [2.45, 2.75) is 18.5 Å². The van der Waals surface area contributed by atoms with Crippen LogP contribution in [-0.2, 0) is 0 Å². The van der Waals surface area contributed by atoms with Crippen molar-refractivity contribution in [1.82, 2.24) is 14.8 Å². The van der Waals surface area contributed by atoms with Gasteiger partial charge < -0.3 is 5.32 Å². The Morgan fingerprint density at radius 2 is 1.79 bits per heavy atom. The molecule has 7 heteroatoms. The highest BCUT2D eigenvalue weighted by molar-refractivity contribution is 9.10. The van der Waals surface area contributed by atoms with Crippen LogP contribution in [0.3, 0.4) is 0 Å². The van der Waals surface area contributed by atoms with E-state index < -0.39 is 0 Å². The summed E-state index contributed by atoms with van der Waals surface area (Å²) in [6, 6.07) is 13.9. The number of halogens is 3. The molecular formula is C17H13BrCl2N4. The summed E-state index contributed by atoms with van der Waals surface area (Å²) in [5.74, 6) is 0.718. The summed E-state index contributed by atoms with van der Waals surface area (Å²) in [6.07, 6.45) is 2.32. The van der Waals surface area contributed by atoms with Crippen LogP contribution in [0.25, 0.3) is 0 Å². The molecule has 4 rings (SSSR count). The van der Waals surface area contributed by atoms with Crippen LogP contribution in [-0.4, -0.2) is 14.8 Å². The minimum Gasteiger partial charge on any atom is -0.348 e. The van der Waals surface area contributed by atoms with Gasteiger partial charge in [-0.15, -0.1) is 0 Å². The number of aromatic nitrogens is 3. The Kier molecular flexibility index (Phi) is 4.24. The van der Waals surface area contributed by atoms with Crippen LogP contribution in [0.2, 0.25) is 10.0 Å². The third-order valence-electron chi connectivity index (χ3n) is 4.24. The van der Waals surface area contributed by atoms with E-state index in [1.54, 1.807) is 6.33 Å². The SMILES string of the molecule is Clc1cccc(Cl)c1C1CC(c2ccc(Br)cc2)Nc2ncnn21. The van der Waals surface area contributed by atoms with Crippen LogP contribution < -0.4 is 5.32 Å². The van der Waals surface area contributed by atoms with Crippen LogP contribution in [0.1, 0.15) is 29.6 Å². The Balaban J connectivity index is 1.78. The average molecular weight is 424 g/mol. The van der Waals surface area contributed by atoms with Crippen molar-refractivity contribution in [2.75, 3.05) is 5.32 Å². The Bertz CT molecular complexity index is 858. The maximum Gasteiger partial charge on any atom is 0.222 e. The van der Waals surface area contributed by atoms with Crippen molar-refractivity contribution in [2.24, 2.45) is 0 Å². The van der Waals surface area contributed by atoms with Crippen LogP contribution in [0.15, 0.2) is 53.3 Å². The van der Waals surface area contributed by atoms with Gasteiger partial charge in [0.2, 0.25) is 5.95 Å². The van der Waals surface area contributed by atoms with E-state index in [0.29, 0.717) is 10.0 Å². The third-order valence-corrected chi connectivity index (χ3v) is 5.42. The van der Waals surface area contributed by atoms with Gasteiger partial charge in [-0.1, -0.05) is 57.3 Å². The summed E-state index contributed by atoms with van der Waals surface area (Å²) in [5.41, 5.74) is 2.07. The second-order valence-corrected chi connectivity index (χ2v) is 7.39. The van der Waals surface area contributed by atoms with Gasteiger partial charge in [0.05, 0.1) is 12.1 Å². The molecule has 0 bridgehead atoms. The molecule has 2 unspecified atom stereocenters. The molecule has 0 amide bonds. The Morgan fingerprint density at radius 3 is 2.50 bits per heavy atom. The van der Waals surface area contributed by atoms with E-state index in [1.165, 1.54) is 5.56 Å². The second-order valence-electron chi connectivity index (χ2n) is 5.66. The lowest BCUT2D eigenvalue weighted by atomic mass is 9.93. The number of nitrogens with one attached hydrogen (secondary N) is 1. The molecule has 0 saturated heterocycles. The lowest BCUT2D eigenvalue weighted by Crippen LogP contribution is -2.28. The number of fused-ring (bicyclic) bond motifs is 1. The molecule has 1 aromatic heterocycles. The molecule has 122 valence electrons. The summed E-state index contributed by atoms with van der Waals surface area (Å²) < 4.78 is 2.90. The normalized spacial score (nSPS) is 19.6. The summed E-state index contributed by atoms with van der Waals surface area (Å²) in [7, 11) is 0. The minimum atomic E-state index is -0.0707. The topological polar surface area (TPSA) is 42.7 Å². The molecule has 0 aliphatic carbocycles. The molecule has 2 atom stereocenters. The molecular weight excluding hydrogens is 411 g/mol. The first-order valence-corrected chi connectivity index (χ1v) is 9.04. The van der Waals surface area contributed by atoms with Crippen molar-refractivity contribution >= 4 is 45.1 Å². The van der Waals surface area contributed by atoms with Crippen molar-refractivity contribution in [1.29, 1.82) is 0 Å². The van der Waals surface area contributed by atoms with Gasteiger partial charge in [-0.2, -0.15) is 10.1 Å². The lowest BCUT2D eigenvalue weighted by molar-refractivity contribution is 0.431. The molecule has 0 saturated carbocycles. The van der Waals surface area contributed by atoms with E-state index >= 15 is 0 Å². The highest BCUT2D eigenvalue weighted by Gasteiger charge is 2.32. The number of hydrogen-bond donors (Lipinski definition) is 1. The predicted octanol–water partition coefficient (Wildman–Crippen LogP) is 5.49. The van der Waals surface area contributed by atoms with E-state index in [9.17, 15) is 0 Å². The summed E-state index contributed by atoms with van der Waals surface area (Å²) in [4.78, 5) is 4.33. The standard InChI is InChI=1S/C17H13BrCl2N4/c18-11-6-4-10(5-7-11)14-8-15(24-17(23-14)21-9-22-24)16-12(19)2-1-3-13(16)20/h1-7,9,14-15H,8H2,(H,21,22,23). The van der Waals surface area contributed by atoms with Gasteiger partial charge in [-0.3, -0.25) is 0 Å². The average Bonchev–Trinajstić information content (AvgIpc) is 3.04. The van der Waals surface area contributed by atoms with E-state index in [0.717, 1.165) is 22.4 Å². The van der Waals surface area contributed by atoms with Gasteiger partial charge in [0, 0.05) is 20.1 Å². The van der Waals surface area contributed by atoms with Crippen molar-refractivity contribution in [3.8, 4) is 0 Å². The van der Waals surface area contributed by atoms with Crippen LogP contribution in [0.5, 0.6) is 0 Å². The number of benzene rings is 2. The number of rotatable bonds is 2. The molecule has 1 aliphatic rings. The third kappa shape index (κ3) is 2.81. The number of anilines is 1. The first-order chi connectivity index (χ1) is 11.6. The van der Waals surface area contributed by atoms with Gasteiger partial charge in [-0.05, 0) is 36.2 Å². The van der Waals surface area contributed by atoms with Crippen molar-refractivity contribution in [3.05, 3.63) is 74.4 Å². The fourth-order valence-corrected chi connectivity index (χ4v) is 4.02. The van der Waals surface area contributed by atoms with Crippen molar-refractivity contribution < 1.29 is 0 Å². The molecule has 2 aromatic carbocycles. The summed E-state index contributed by atoms with van der Waals surface area (Å²) in [6.45, 7) is 0. The summed E-state index contributed by atoms with van der Waals surface area (Å²) >= 11 is 16.4. The first-order valence-electron chi connectivity index (χ1n) is 7.49. The van der Waals surface area contributed by atoms with E-state index in [2.05, 4.69) is 43.5 Å². The smallest absolute Gasteiger partial charge is 0.222 e. The van der Waals surface area contributed by atoms with E-state index in [4.69, 9.17) is 23.2 Å². The molecule has 24 heavy (non-hydrogen) atoms. The highest BCUT2D eigenvalue weighted by Crippen LogP contribution is 2.42. The van der Waals surface area contributed by atoms with Gasteiger partial charge in [0.15, 0.2) is 0 Å². The number of hydrogen-bond acceptors (Lipinski definition) is 3. The fraction of sp³-hybridized carbons (Fsp3) is 0.176. The van der Waals surface area contributed by atoms with Gasteiger partial charge >= 0.3 is 0 Å². The van der Waals surface area contributed by atoms with Gasteiger partial charge in [-0.25, -0.2) is 4.68 Å². The second kappa shape index (κ2) is 6.39. The predicted molar refractivity (Wildman–Crippen MR) is 99.7 cm³/mol. The van der Waals surface area contributed by atoms with E-state index in [1.807, 2.05) is 35.0 Å². The molecule has 3 aromatic rings. The highest BCUT2D eigenvalue weighted by atomic mass is 79.9. The molecule has 4 nitrogen and oxygen atoms in total. The van der Waals surface area contributed by atoms with Crippen LogP contribution >= 0.6 is 39.1 Å². The Labute approximate surface area is 157 Å². The Hall–Kier alpha value is -1.56. The fourth-order valence-electron chi connectivity index (χ4n) is 3.10. The first kappa shape index (κ1) is 15.9. The van der Waals surface area contributed by atoms with Gasteiger partial charge in [0.25, 0.3) is 0 Å². The maximum absolute atomic E-state index is 6.44. The zero-order chi connectivity index (χ0) is 16.7. The lowest BCUT2D eigenvalue weighted by Gasteiger charge is -2.32. The van der Waals surface area contributed by atoms with Gasteiger partial charge in [0.1, 0.15) is 6.33 Å². The molecule has 1 N–H and O–H groups in total. The largest absolute Gasteiger partial charge is 0.348 e.